The van der Waals surface area contributed by atoms with Crippen LogP contribution in [-0.2, 0) is 4.74 Å². The van der Waals surface area contributed by atoms with Crippen LogP contribution in [0.3, 0.4) is 0 Å². The fourth-order valence-electron chi connectivity index (χ4n) is 1.40. The van der Waals surface area contributed by atoms with Gasteiger partial charge in [-0.2, -0.15) is 0 Å². The standard InChI is InChI=1S/C12H18BrClN2O/c1-3-17-8-12(2,7-15)16-9-4-5-11(14)10(13)6-9/h4-6,16H,3,7-8,15H2,1-2H3. The van der Waals surface area contributed by atoms with Crippen LogP contribution >= 0.6 is 27.5 Å². The largest absolute Gasteiger partial charge is 0.379 e. The molecule has 0 saturated heterocycles. The van der Waals surface area contributed by atoms with Crippen LogP contribution in [0.2, 0.25) is 5.02 Å². The van der Waals surface area contributed by atoms with E-state index in [2.05, 4.69) is 21.2 Å². The molecule has 0 radical (unpaired) electrons. The predicted molar refractivity (Wildman–Crippen MR) is 76.7 cm³/mol. The number of benzene rings is 1. The Bertz CT molecular complexity index is 376. The van der Waals surface area contributed by atoms with Crippen molar-refractivity contribution in [1.29, 1.82) is 0 Å². The molecule has 17 heavy (non-hydrogen) atoms. The zero-order chi connectivity index (χ0) is 12.9. The van der Waals surface area contributed by atoms with Gasteiger partial charge in [-0.05, 0) is 48.0 Å². The Hall–Kier alpha value is -0.290. The van der Waals surface area contributed by atoms with Gasteiger partial charge in [-0.25, -0.2) is 0 Å². The average Bonchev–Trinajstić information content (AvgIpc) is 2.31. The van der Waals surface area contributed by atoms with Crippen molar-refractivity contribution in [2.75, 3.05) is 25.1 Å². The van der Waals surface area contributed by atoms with Crippen molar-refractivity contribution >= 4 is 33.2 Å². The zero-order valence-electron chi connectivity index (χ0n) is 10.1. The highest BCUT2D eigenvalue weighted by atomic mass is 79.9. The molecular formula is C12H18BrClN2O. The number of anilines is 1. The monoisotopic (exact) mass is 320 g/mol. The molecule has 0 heterocycles. The number of nitrogens with one attached hydrogen (secondary N) is 1. The number of hydrogen-bond donors (Lipinski definition) is 2. The first kappa shape index (κ1) is 14.8. The molecule has 0 aliphatic carbocycles. The molecule has 1 unspecified atom stereocenters. The normalized spacial score (nSPS) is 14.4. The van der Waals surface area contributed by atoms with E-state index in [1.54, 1.807) is 0 Å². The minimum absolute atomic E-state index is 0.275. The highest BCUT2D eigenvalue weighted by Crippen LogP contribution is 2.27. The van der Waals surface area contributed by atoms with Crippen LogP contribution in [0, 0.1) is 0 Å². The van der Waals surface area contributed by atoms with Crippen LogP contribution in [0.5, 0.6) is 0 Å². The third-order valence-electron chi connectivity index (χ3n) is 2.44. The zero-order valence-corrected chi connectivity index (χ0v) is 12.4. The Morgan fingerprint density at radius 2 is 2.24 bits per heavy atom. The Morgan fingerprint density at radius 1 is 1.53 bits per heavy atom. The van der Waals surface area contributed by atoms with Gasteiger partial charge in [0, 0.05) is 23.3 Å². The predicted octanol–water partition coefficient (Wildman–Crippen LogP) is 3.27. The number of hydrogen-bond acceptors (Lipinski definition) is 3. The maximum Gasteiger partial charge on any atom is 0.0706 e. The van der Waals surface area contributed by atoms with E-state index in [1.165, 1.54) is 0 Å². The molecule has 0 aromatic heterocycles. The number of rotatable bonds is 6. The highest BCUT2D eigenvalue weighted by molar-refractivity contribution is 9.10. The van der Waals surface area contributed by atoms with Gasteiger partial charge in [-0.3, -0.25) is 0 Å². The van der Waals surface area contributed by atoms with E-state index in [1.807, 2.05) is 32.0 Å². The molecule has 0 saturated carbocycles. The summed E-state index contributed by atoms with van der Waals surface area (Å²) in [7, 11) is 0. The molecule has 0 aliphatic rings. The van der Waals surface area contributed by atoms with Gasteiger partial charge >= 0.3 is 0 Å². The molecule has 0 bridgehead atoms. The summed E-state index contributed by atoms with van der Waals surface area (Å²) >= 11 is 9.34. The fourth-order valence-corrected chi connectivity index (χ4v) is 1.89. The number of halogens is 2. The number of nitrogens with two attached hydrogens (primary N) is 1. The van der Waals surface area contributed by atoms with Crippen molar-refractivity contribution in [3.8, 4) is 0 Å². The second kappa shape index (κ2) is 6.59. The number of ether oxygens (including phenoxy) is 1. The molecule has 0 aliphatic heterocycles. The molecule has 0 spiro atoms. The second-order valence-electron chi connectivity index (χ2n) is 4.16. The maximum atomic E-state index is 5.95. The average molecular weight is 322 g/mol. The molecule has 96 valence electrons. The Morgan fingerprint density at radius 3 is 2.76 bits per heavy atom. The first-order valence-electron chi connectivity index (χ1n) is 5.52. The van der Waals surface area contributed by atoms with Gasteiger partial charge in [0.1, 0.15) is 0 Å². The summed E-state index contributed by atoms with van der Waals surface area (Å²) in [5.74, 6) is 0. The van der Waals surface area contributed by atoms with Crippen LogP contribution in [0.4, 0.5) is 5.69 Å². The summed E-state index contributed by atoms with van der Waals surface area (Å²) < 4.78 is 6.30. The lowest BCUT2D eigenvalue weighted by atomic mass is 10.0. The Labute approximate surface area is 116 Å². The summed E-state index contributed by atoms with van der Waals surface area (Å²) in [6, 6.07) is 5.70. The van der Waals surface area contributed by atoms with Crippen LogP contribution < -0.4 is 11.1 Å². The van der Waals surface area contributed by atoms with E-state index in [4.69, 9.17) is 22.1 Å². The van der Waals surface area contributed by atoms with Gasteiger partial charge in [0.05, 0.1) is 17.2 Å². The summed E-state index contributed by atoms with van der Waals surface area (Å²) in [5, 5.41) is 4.06. The Balaban J connectivity index is 2.76. The van der Waals surface area contributed by atoms with Gasteiger partial charge in [-0.15, -0.1) is 0 Å². The molecule has 5 heteroatoms. The van der Waals surface area contributed by atoms with Gasteiger partial charge in [0.2, 0.25) is 0 Å². The topological polar surface area (TPSA) is 47.3 Å². The SMILES string of the molecule is CCOCC(C)(CN)Nc1ccc(Cl)c(Br)c1. The molecule has 0 amide bonds. The van der Waals surface area contributed by atoms with Crippen LogP contribution in [0.25, 0.3) is 0 Å². The third kappa shape index (κ3) is 4.47. The highest BCUT2D eigenvalue weighted by Gasteiger charge is 2.22. The van der Waals surface area contributed by atoms with Crippen molar-refractivity contribution in [2.24, 2.45) is 5.73 Å². The molecule has 1 aromatic rings. The molecule has 1 atom stereocenters. The molecule has 1 rings (SSSR count). The van der Waals surface area contributed by atoms with Crippen molar-refractivity contribution in [3.63, 3.8) is 0 Å². The lowest BCUT2D eigenvalue weighted by Gasteiger charge is -2.30. The Kier molecular flexibility index (Phi) is 5.73. The van der Waals surface area contributed by atoms with Gasteiger partial charge < -0.3 is 15.8 Å². The van der Waals surface area contributed by atoms with E-state index in [-0.39, 0.29) is 5.54 Å². The van der Waals surface area contributed by atoms with Crippen LogP contribution in [0.1, 0.15) is 13.8 Å². The van der Waals surface area contributed by atoms with Crippen molar-refractivity contribution in [2.45, 2.75) is 19.4 Å². The fraction of sp³-hybridized carbons (Fsp3) is 0.500. The third-order valence-corrected chi connectivity index (χ3v) is 3.65. The second-order valence-corrected chi connectivity index (χ2v) is 5.42. The first-order valence-corrected chi connectivity index (χ1v) is 6.69. The van der Waals surface area contributed by atoms with E-state index in [9.17, 15) is 0 Å². The van der Waals surface area contributed by atoms with E-state index >= 15 is 0 Å². The molecule has 1 aromatic carbocycles. The first-order chi connectivity index (χ1) is 8.00. The summed E-state index contributed by atoms with van der Waals surface area (Å²) in [6.07, 6.45) is 0. The van der Waals surface area contributed by atoms with Crippen LogP contribution in [-0.4, -0.2) is 25.3 Å². The van der Waals surface area contributed by atoms with Crippen molar-refractivity contribution in [1.82, 2.24) is 0 Å². The van der Waals surface area contributed by atoms with E-state index in [0.29, 0.717) is 24.8 Å². The quantitative estimate of drug-likeness (QED) is 0.845. The molecular weight excluding hydrogens is 304 g/mol. The summed E-state index contributed by atoms with van der Waals surface area (Å²) in [5.41, 5.74) is 6.48. The van der Waals surface area contributed by atoms with Gasteiger partial charge in [0.15, 0.2) is 0 Å². The molecule has 3 nitrogen and oxygen atoms in total. The summed E-state index contributed by atoms with van der Waals surface area (Å²) in [4.78, 5) is 0. The van der Waals surface area contributed by atoms with E-state index < -0.39 is 0 Å². The van der Waals surface area contributed by atoms with Gasteiger partial charge in [-0.1, -0.05) is 11.6 Å². The smallest absolute Gasteiger partial charge is 0.0706 e. The molecule has 3 N–H and O–H groups in total. The minimum atomic E-state index is -0.275. The van der Waals surface area contributed by atoms with Gasteiger partial charge in [0.25, 0.3) is 0 Å². The van der Waals surface area contributed by atoms with Crippen molar-refractivity contribution < 1.29 is 4.74 Å². The van der Waals surface area contributed by atoms with E-state index in [0.717, 1.165) is 10.2 Å². The van der Waals surface area contributed by atoms with Crippen LogP contribution in [0.15, 0.2) is 22.7 Å². The van der Waals surface area contributed by atoms with Crippen molar-refractivity contribution in [3.05, 3.63) is 27.7 Å². The maximum absolute atomic E-state index is 5.95. The lowest BCUT2D eigenvalue weighted by molar-refractivity contribution is 0.112. The molecule has 0 fully saturated rings. The summed E-state index contributed by atoms with van der Waals surface area (Å²) in [6.45, 7) is 5.75. The lowest BCUT2D eigenvalue weighted by Crippen LogP contribution is -2.46. The minimum Gasteiger partial charge on any atom is -0.379 e.